The highest BCUT2D eigenvalue weighted by atomic mass is 16.2. The van der Waals surface area contributed by atoms with E-state index >= 15 is 0 Å². The minimum Gasteiger partial charge on any atom is -0.346 e. The average molecular weight is 257 g/mol. The van der Waals surface area contributed by atoms with Crippen LogP contribution in [0.25, 0.3) is 0 Å². The Morgan fingerprint density at radius 2 is 1.78 bits per heavy atom. The largest absolute Gasteiger partial charge is 0.346 e. The maximum Gasteiger partial charge on any atom is 0.223 e. The summed E-state index contributed by atoms with van der Waals surface area (Å²) in [4.78, 5) is 16.1. The second-order valence-corrected chi connectivity index (χ2v) is 5.69. The fraction of sp³-hybridized carbons (Fsp3) is 0.929. The molecule has 2 N–H and O–H groups in total. The number of nitrogens with zero attached hydrogens (tertiary/aromatic N) is 2. The molecule has 0 aliphatic heterocycles. The van der Waals surface area contributed by atoms with Gasteiger partial charge in [-0.2, -0.15) is 0 Å². The third-order valence-corrected chi connectivity index (χ3v) is 3.07. The summed E-state index contributed by atoms with van der Waals surface area (Å²) in [6, 6.07) is 0.495. The zero-order chi connectivity index (χ0) is 14.1. The van der Waals surface area contributed by atoms with Gasteiger partial charge in [0, 0.05) is 39.1 Å². The van der Waals surface area contributed by atoms with E-state index in [0.717, 1.165) is 26.1 Å². The molecule has 0 atom stereocenters. The standard InChI is InChI=1S/C14H31N3O/c1-12(2)11-17(13(3)4)10-7-14(18)16(5)9-6-8-15/h12-13H,6-11,15H2,1-5H3. The second kappa shape index (κ2) is 9.34. The van der Waals surface area contributed by atoms with Gasteiger partial charge in [-0.05, 0) is 32.7 Å². The smallest absolute Gasteiger partial charge is 0.223 e. The lowest BCUT2D eigenvalue weighted by Gasteiger charge is -2.28. The lowest BCUT2D eigenvalue weighted by Crippen LogP contribution is -2.38. The van der Waals surface area contributed by atoms with Crippen LogP contribution in [0.2, 0.25) is 0 Å². The normalized spacial score (nSPS) is 11.6. The van der Waals surface area contributed by atoms with Crippen molar-refractivity contribution in [2.75, 3.05) is 33.2 Å². The number of carbonyl (C=O) groups is 1. The van der Waals surface area contributed by atoms with E-state index < -0.39 is 0 Å². The fourth-order valence-electron chi connectivity index (χ4n) is 1.91. The molecule has 0 rings (SSSR count). The molecule has 0 heterocycles. The van der Waals surface area contributed by atoms with E-state index in [0.29, 0.717) is 24.9 Å². The Bertz CT molecular complexity index is 229. The van der Waals surface area contributed by atoms with Crippen molar-refractivity contribution in [1.82, 2.24) is 9.80 Å². The van der Waals surface area contributed by atoms with Gasteiger partial charge in [-0.3, -0.25) is 4.79 Å². The van der Waals surface area contributed by atoms with Gasteiger partial charge in [0.2, 0.25) is 5.91 Å². The van der Waals surface area contributed by atoms with Crippen molar-refractivity contribution in [3.05, 3.63) is 0 Å². The molecule has 4 heteroatoms. The Labute approximate surface area is 113 Å². The predicted molar refractivity (Wildman–Crippen MR) is 77.5 cm³/mol. The zero-order valence-electron chi connectivity index (χ0n) is 12.8. The van der Waals surface area contributed by atoms with E-state index in [1.165, 1.54) is 0 Å². The lowest BCUT2D eigenvalue weighted by atomic mass is 10.1. The molecule has 0 unspecified atom stereocenters. The first-order valence-electron chi connectivity index (χ1n) is 7.06. The van der Waals surface area contributed by atoms with Gasteiger partial charge < -0.3 is 15.5 Å². The highest BCUT2D eigenvalue weighted by Gasteiger charge is 2.14. The van der Waals surface area contributed by atoms with Crippen LogP contribution in [0.4, 0.5) is 0 Å². The molecule has 4 nitrogen and oxygen atoms in total. The van der Waals surface area contributed by atoms with E-state index in [9.17, 15) is 4.79 Å². The van der Waals surface area contributed by atoms with E-state index in [1.54, 1.807) is 4.90 Å². The van der Waals surface area contributed by atoms with E-state index in [4.69, 9.17) is 5.73 Å². The van der Waals surface area contributed by atoms with Gasteiger partial charge in [-0.1, -0.05) is 13.8 Å². The summed E-state index contributed by atoms with van der Waals surface area (Å²) >= 11 is 0. The molecule has 0 saturated heterocycles. The van der Waals surface area contributed by atoms with Crippen LogP contribution in [-0.4, -0.2) is 55.0 Å². The summed E-state index contributed by atoms with van der Waals surface area (Å²) in [6.45, 7) is 12.1. The molecule has 0 aromatic heterocycles. The third kappa shape index (κ3) is 7.67. The van der Waals surface area contributed by atoms with Crippen LogP contribution in [-0.2, 0) is 4.79 Å². The molecular formula is C14H31N3O. The van der Waals surface area contributed by atoms with Crippen molar-refractivity contribution in [2.45, 2.75) is 46.6 Å². The van der Waals surface area contributed by atoms with Crippen LogP contribution in [0.1, 0.15) is 40.5 Å². The Balaban J connectivity index is 4.06. The molecule has 0 aliphatic carbocycles. The van der Waals surface area contributed by atoms with Crippen molar-refractivity contribution in [1.29, 1.82) is 0 Å². The molecule has 18 heavy (non-hydrogen) atoms. The van der Waals surface area contributed by atoms with Crippen LogP contribution >= 0.6 is 0 Å². The number of hydrogen-bond acceptors (Lipinski definition) is 3. The Kier molecular flexibility index (Phi) is 9.02. The highest BCUT2D eigenvalue weighted by Crippen LogP contribution is 2.06. The molecule has 0 radical (unpaired) electrons. The number of hydrogen-bond donors (Lipinski definition) is 1. The van der Waals surface area contributed by atoms with Crippen molar-refractivity contribution in [2.24, 2.45) is 11.7 Å². The maximum absolute atomic E-state index is 11.9. The van der Waals surface area contributed by atoms with Crippen LogP contribution in [0.5, 0.6) is 0 Å². The molecule has 1 amide bonds. The second-order valence-electron chi connectivity index (χ2n) is 5.69. The van der Waals surface area contributed by atoms with Crippen molar-refractivity contribution < 1.29 is 4.79 Å². The van der Waals surface area contributed by atoms with Gasteiger partial charge in [-0.25, -0.2) is 0 Å². The molecule has 0 saturated carbocycles. The quantitative estimate of drug-likeness (QED) is 0.682. The molecule has 108 valence electrons. The van der Waals surface area contributed by atoms with Crippen LogP contribution in [0.3, 0.4) is 0 Å². The van der Waals surface area contributed by atoms with Gasteiger partial charge in [0.25, 0.3) is 0 Å². The lowest BCUT2D eigenvalue weighted by molar-refractivity contribution is -0.130. The summed E-state index contributed by atoms with van der Waals surface area (Å²) < 4.78 is 0. The van der Waals surface area contributed by atoms with Gasteiger partial charge in [-0.15, -0.1) is 0 Å². The first kappa shape index (κ1) is 17.4. The van der Waals surface area contributed by atoms with Crippen LogP contribution < -0.4 is 5.73 Å². The van der Waals surface area contributed by atoms with Crippen LogP contribution in [0, 0.1) is 5.92 Å². The van der Waals surface area contributed by atoms with Gasteiger partial charge in [0.1, 0.15) is 0 Å². The highest BCUT2D eigenvalue weighted by molar-refractivity contribution is 5.76. The van der Waals surface area contributed by atoms with E-state index in [2.05, 4.69) is 32.6 Å². The van der Waals surface area contributed by atoms with Crippen LogP contribution in [0.15, 0.2) is 0 Å². The monoisotopic (exact) mass is 257 g/mol. The number of rotatable bonds is 9. The topological polar surface area (TPSA) is 49.6 Å². The Morgan fingerprint density at radius 1 is 1.17 bits per heavy atom. The summed E-state index contributed by atoms with van der Waals surface area (Å²) in [6.07, 6.45) is 1.48. The van der Waals surface area contributed by atoms with Gasteiger partial charge in [0.05, 0.1) is 0 Å². The van der Waals surface area contributed by atoms with Crippen molar-refractivity contribution >= 4 is 5.91 Å². The zero-order valence-corrected chi connectivity index (χ0v) is 12.8. The summed E-state index contributed by atoms with van der Waals surface area (Å²) in [5, 5.41) is 0. The molecule has 0 spiro atoms. The molecule has 0 aromatic carbocycles. The Hall–Kier alpha value is -0.610. The van der Waals surface area contributed by atoms with Gasteiger partial charge >= 0.3 is 0 Å². The van der Waals surface area contributed by atoms with E-state index in [-0.39, 0.29) is 5.91 Å². The van der Waals surface area contributed by atoms with Gasteiger partial charge in [0.15, 0.2) is 0 Å². The summed E-state index contributed by atoms with van der Waals surface area (Å²) in [5.41, 5.74) is 5.45. The number of nitrogens with two attached hydrogens (primary N) is 1. The first-order chi connectivity index (χ1) is 8.38. The minimum atomic E-state index is 0.220. The fourth-order valence-corrected chi connectivity index (χ4v) is 1.91. The average Bonchev–Trinajstić information content (AvgIpc) is 2.30. The molecule has 0 aromatic rings. The maximum atomic E-state index is 11.9. The molecular weight excluding hydrogens is 226 g/mol. The molecule has 0 aliphatic rings. The summed E-state index contributed by atoms with van der Waals surface area (Å²) in [5.74, 6) is 0.857. The van der Waals surface area contributed by atoms with Crippen molar-refractivity contribution in [3.8, 4) is 0 Å². The number of amides is 1. The molecule has 0 bridgehead atoms. The predicted octanol–water partition coefficient (Wildman–Crippen LogP) is 1.55. The first-order valence-corrected chi connectivity index (χ1v) is 7.06. The molecule has 0 fully saturated rings. The SMILES string of the molecule is CC(C)CN(CCC(=O)N(C)CCCN)C(C)C. The van der Waals surface area contributed by atoms with E-state index in [1.807, 2.05) is 7.05 Å². The minimum absolute atomic E-state index is 0.220. The van der Waals surface area contributed by atoms with Crippen molar-refractivity contribution in [3.63, 3.8) is 0 Å². The summed E-state index contributed by atoms with van der Waals surface area (Å²) in [7, 11) is 1.86. The Morgan fingerprint density at radius 3 is 2.22 bits per heavy atom. The number of carbonyl (C=O) groups excluding carboxylic acids is 1. The third-order valence-electron chi connectivity index (χ3n) is 3.07.